The fourth-order valence-corrected chi connectivity index (χ4v) is 2.53. The number of ether oxygens (including phenoxy) is 1. The smallest absolute Gasteiger partial charge is 0.386 e. The molecule has 10 heteroatoms. The average molecular weight is 383 g/mol. The molecule has 150 valence electrons. The zero-order valence-electron chi connectivity index (χ0n) is 16.2. The molecule has 0 aromatic carbocycles. The van der Waals surface area contributed by atoms with Gasteiger partial charge in [0.1, 0.15) is 12.2 Å². The Morgan fingerprint density at radius 2 is 1.89 bits per heavy atom. The molecule has 0 radical (unpaired) electrons. The van der Waals surface area contributed by atoms with E-state index in [1.54, 1.807) is 34.7 Å². The molecular weight excluding hydrogens is 356 g/mol. The highest BCUT2D eigenvalue weighted by molar-refractivity contribution is 5.93. The molecule has 1 atom stereocenters. The van der Waals surface area contributed by atoms with Crippen molar-refractivity contribution in [3.8, 4) is 0 Å². The van der Waals surface area contributed by atoms with Gasteiger partial charge in [-0.2, -0.15) is 4.57 Å². The maximum atomic E-state index is 12.4. The van der Waals surface area contributed by atoms with E-state index in [9.17, 15) is 19.7 Å². The number of amides is 2. The van der Waals surface area contributed by atoms with Gasteiger partial charge in [0.15, 0.2) is 12.4 Å². The Morgan fingerprint density at radius 1 is 1.26 bits per heavy atom. The number of carbonyl (C=O) groups excluding carboxylic acids is 2. The van der Waals surface area contributed by atoms with Crippen molar-refractivity contribution in [2.75, 3.05) is 13.2 Å². The second-order valence-corrected chi connectivity index (χ2v) is 6.43. The molecule has 0 aliphatic heterocycles. The van der Waals surface area contributed by atoms with Gasteiger partial charge < -0.3 is 19.8 Å². The van der Waals surface area contributed by atoms with Crippen LogP contribution in [-0.2, 0) is 9.57 Å². The van der Waals surface area contributed by atoms with Gasteiger partial charge in [0, 0.05) is 31.6 Å². The van der Waals surface area contributed by atoms with Crippen LogP contribution in [0.4, 0.5) is 4.79 Å². The van der Waals surface area contributed by atoms with Crippen molar-refractivity contribution < 1.29 is 28.8 Å². The topological polar surface area (TPSA) is 115 Å². The van der Waals surface area contributed by atoms with E-state index in [1.165, 1.54) is 6.20 Å². The van der Waals surface area contributed by atoms with Crippen LogP contribution in [-0.4, -0.2) is 47.2 Å². The lowest BCUT2D eigenvalue weighted by Crippen LogP contribution is -2.47. The molecule has 0 aliphatic carbocycles. The zero-order chi connectivity index (χ0) is 20.6. The van der Waals surface area contributed by atoms with Crippen LogP contribution in [0.2, 0.25) is 0 Å². The van der Waals surface area contributed by atoms with Crippen molar-refractivity contribution >= 4 is 12.0 Å². The van der Waals surface area contributed by atoms with E-state index in [-0.39, 0.29) is 25.2 Å². The SMILES string of the molecule is CC(C)N(C(=O)OC(C)[n+]1cccc(C(=O)NCCO[N+](=O)[O-])c1)C(C)C. The van der Waals surface area contributed by atoms with E-state index >= 15 is 0 Å². The minimum absolute atomic E-state index is 0.00299. The summed E-state index contributed by atoms with van der Waals surface area (Å²) in [5, 5.41) is 11.7. The Morgan fingerprint density at radius 3 is 2.44 bits per heavy atom. The predicted molar refractivity (Wildman–Crippen MR) is 95.2 cm³/mol. The van der Waals surface area contributed by atoms with Gasteiger partial charge in [0.2, 0.25) is 0 Å². The summed E-state index contributed by atoms with van der Waals surface area (Å²) in [5.41, 5.74) is 0.325. The Bertz CT molecular complexity index is 657. The van der Waals surface area contributed by atoms with Crippen molar-refractivity contribution in [3.05, 3.63) is 40.2 Å². The van der Waals surface area contributed by atoms with Gasteiger partial charge in [-0.1, -0.05) is 0 Å². The summed E-state index contributed by atoms with van der Waals surface area (Å²) >= 11 is 0. The summed E-state index contributed by atoms with van der Waals surface area (Å²) in [7, 11) is 0. The molecule has 27 heavy (non-hydrogen) atoms. The standard InChI is InChI=1S/C17H26N4O6/c1-12(2)20(13(3)4)17(23)27-14(5)19-9-6-7-15(11-19)16(22)18-8-10-26-21(24)25/h6-7,9,11-14H,8,10H2,1-5H3/p+1. The molecule has 0 fully saturated rings. The highest BCUT2D eigenvalue weighted by atomic mass is 16.9. The van der Waals surface area contributed by atoms with Crippen molar-refractivity contribution in [2.24, 2.45) is 0 Å². The molecule has 0 saturated carbocycles. The van der Waals surface area contributed by atoms with Crippen LogP contribution in [0.15, 0.2) is 24.5 Å². The Labute approximate surface area is 158 Å². The first-order valence-corrected chi connectivity index (χ1v) is 8.68. The van der Waals surface area contributed by atoms with Crippen LogP contribution >= 0.6 is 0 Å². The largest absolute Gasteiger partial charge is 0.415 e. The number of nitrogens with one attached hydrogen (secondary N) is 1. The molecule has 0 bridgehead atoms. The normalized spacial score (nSPS) is 11.8. The number of rotatable bonds is 9. The van der Waals surface area contributed by atoms with Crippen LogP contribution in [0.25, 0.3) is 0 Å². The number of nitrogens with zero attached hydrogens (tertiary/aromatic N) is 3. The number of hydrogen-bond donors (Lipinski definition) is 1. The van der Waals surface area contributed by atoms with E-state index < -0.39 is 23.3 Å². The fraction of sp³-hybridized carbons (Fsp3) is 0.588. The zero-order valence-corrected chi connectivity index (χ0v) is 16.2. The summed E-state index contributed by atoms with van der Waals surface area (Å²) in [5.74, 6) is -0.416. The van der Waals surface area contributed by atoms with Crippen molar-refractivity contribution in [1.82, 2.24) is 10.2 Å². The van der Waals surface area contributed by atoms with Gasteiger partial charge >= 0.3 is 12.3 Å². The van der Waals surface area contributed by atoms with E-state index in [1.807, 2.05) is 27.7 Å². The molecule has 0 aliphatic rings. The number of aromatic nitrogens is 1. The second-order valence-electron chi connectivity index (χ2n) is 6.43. The van der Waals surface area contributed by atoms with Crippen LogP contribution in [0.1, 0.15) is 51.2 Å². The predicted octanol–water partition coefficient (Wildman–Crippen LogP) is 1.69. The van der Waals surface area contributed by atoms with Crippen molar-refractivity contribution in [3.63, 3.8) is 0 Å². The van der Waals surface area contributed by atoms with Gasteiger partial charge in [-0.05, 0) is 33.8 Å². The molecule has 1 N–H and O–H groups in total. The van der Waals surface area contributed by atoms with Gasteiger partial charge in [-0.25, -0.2) is 4.79 Å². The lowest BCUT2D eigenvalue weighted by atomic mass is 10.2. The van der Waals surface area contributed by atoms with Gasteiger partial charge in [-0.3, -0.25) is 4.79 Å². The van der Waals surface area contributed by atoms with Crippen molar-refractivity contribution in [1.29, 1.82) is 0 Å². The first-order chi connectivity index (χ1) is 12.6. The quantitative estimate of drug-likeness (QED) is 0.300. The third-order valence-electron chi connectivity index (χ3n) is 3.68. The first kappa shape index (κ1) is 22.1. The lowest BCUT2D eigenvalue weighted by molar-refractivity contribution is -0.757. The second kappa shape index (κ2) is 10.3. The molecule has 0 spiro atoms. The van der Waals surface area contributed by atoms with Crippen molar-refractivity contribution in [2.45, 2.75) is 52.9 Å². The molecule has 0 saturated heterocycles. The molecule has 2 amide bonds. The van der Waals surface area contributed by atoms with Crippen LogP contribution in [0.3, 0.4) is 0 Å². The first-order valence-electron chi connectivity index (χ1n) is 8.68. The molecule has 1 aromatic rings. The lowest BCUT2D eigenvalue weighted by Gasteiger charge is -2.29. The monoisotopic (exact) mass is 383 g/mol. The Balaban J connectivity index is 2.72. The summed E-state index contributed by atoms with van der Waals surface area (Å²) < 4.78 is 7.10. The van der Waals surface area contributed by atoms with Crippen LogP contribution in [0.5, 0.6) is 0 Å². The van der Waals surface area contributed by atoms with E-state index in [0.29, 0.717) is 5.56 Å². The number of hydrogen-bond acceptors (Lipinski definition) is 6. The van der Waals surface area contributed by atoms with Gasteiger partial charge in [-0.15, -0.1) is 10.1 Å². The van der Waals surface area contributed by atoms with Gasteiger partial charge in [0.25, 0.3) is 11.0 Å². The maximum absolute atomic E-state index is 12.4. The summed E-state index contributed by atoms with van der Waals surface area (Å²) in [6.45, 7) is 9.10. The Kier molecular flexibility index (Phi) is 8.43. The van der Waals surface area contributed by atoms with Crippen LogP contribution < -0.4 is 9.88 Å². The Hall–Kier alpha value is -2.91. The minimum atomic E-state index is -0.920. The molecular formula is C17H27N4O6+. The summed E-state index contributed by atoms with van der Waals surface area (Å²) in [6.07, 6.45) is 2.16. The average Bonchev–Trinajstić information content (AvgIpc) is 2.57. The molecule has 1 aromatic heterocycles. The van der Waals surface area contributed by atoms with E-state index in [4.69, 9.17) is 4.74 Å². The fourth-order valence-electron chi connectivity index (χ4n) is 2.53. The molecule has 1 heterocycles. The number of carbonyl (C=O) groups is 2. The summed E-state index contributed by atoms with van der Waals surface area (Å²) in [4.78, 5) is 40.3. The minimum Gasteiger partial charge on any atom is -0.386 e. The summed E-state index contributed by atoms with van der Waals surface area (Å²) in [6, 6.07) is 3.22. The van der Waals surface area contributed by atoms with E-state index in [2.05, 4.69) is 10.2 Å². The van der Waals surface area contributed by atoms with E-state index in [0.717, 1.165) is 0 Å². The highest BCUT2D eigenvalue weighted by Crippen LogP contribution is 2.11. The van der Waals surface area contributed by atoms with Crippen LogP contribution in [0, 0.1) is 10.1 Å². The highest BCUT2D eigenvalue weighted by Gasteiger charge is 2.26. The molecule has 10 nitrogen and oxygen atoms in total. The third-order valence-corrected chi connectivity index (χ3v) is 3.68. The maximum Gasteiger partial charge on any atom is 0.415 e. The molecule has 1 rings (SSSR count). The number of pyridine rings is 1. The van der Waals surface area contributed by atoms with Gasteiger partial charge in [0.05, 0.1) is 0 Å². The molecule has 1 unspecified atom stereocenters. The third kappa shape index (κ3) is 7.08.